The Labute approximate surface area is 559 Å². The summed E-state index contributed by atoms with van der Waals surface area (Å²) in [6, 6.07) is 46.4. The van der Waals surface area contributed by atoms with E-state index in [4.69, 9.17) is 0 Å². The van der Waals surface area contributed by atoms with Gasteiger partial charge in [-0.15, -0.1) is 0 Å². The fraction of sp³-hybridized carbons (Fsp3) is 0.442. The zero-order valence-corrected chi connectivity index (χ0v) is 59.4. The Morgan fingerprint density at radius 2 is 1.05 bits per heavy atom. The van der Waals surface area contributed by atoms with Gasteiger partial charge >= 0.3 is 0 Å². The Bertz CT molecular complexity index is 3480. The lowest BCUT2D eigenvalue weighted by Gasteiger charge is -2.28. The Morgan fingerprint density at radius 3 is 1.63 bits per heavy atom. The maximum absolute atomic E-state index is 12.1. The molecule has 92 heavy (non-hydrogen) atoms. The minimum atomic E-state index is -0.0236. The zero-order chi connectivity index (χ0) is 67.2. The highest BCUT2D eigenvalue weighted by Crippen LogP contribution is 2.40. The van der Waals surface area contributed by atoms with Crippen LogP contribution in [-0.2, 0) is 45.1 Å². The monoisotopic (exact) mass is 1240 g/mol. The van der Waals surface area contributed by atoms with Gasteiger partial charge in [0.05, 0.1) is 0 Å². The molecule has 0 unspecified atom stereocenters. The van der Waals surface area contributed by atoms with Crippen molar-refractivity contribution >= 4 is 29.6 Å². The summed E-state index contributed by atoms with van der Waals surface area (Å²) >= 11 is 0. The number of hydrogen-bond donors (Lipinski definition) is 1. The summed E-state index contributed by atoms with van der Waals surface area (Å²) in [5.41, 5.74) is 21.6. The number of H-pyrrole nitrogens is 1. The Balaban J connectivity index is 0.000000231. The van der Waals surface area contributed by atoms with Gasteiger partial charge in [0.1, 0.15) is 0 Å². The molecule has 2 heterocycles. The van der Waals surface area contributed by atoms with Crippen molar-refractivity contribution in [2.24, 2.45) is 27.1 Å². The lowest BCUT2D eigenvalue weighted by molar-refractivity contribution is 0.0723. The number of aryl methyl sites for hydroxylation is 1. The van der Waals surface area contributed by atoms with Crippen LogP contribution in [0, 0.1) is 27.1 Å². The van der Waals surface area contributed by atoms with Gasteiger partial charge in [-0.1, -0.05) is 315 Å². The van der Waals surface area contributed by atoms with Crippen LogP contribution in [0.2, 0.25) is 0 Å². The summed E-state index contributed by atoms with van der Waals surface area (Å²) in [5, 5.41) is 0. The molecule has 1 aliphatic heterocycles. The summed E-state index contributed by atoms with van der Waals surface area (Å²) in [5.74, 6) is 0.953. The Morgan fingerprint density at radius 1 is 0.511 bits per heavy atom. The second-order valence-corrected chi connectivity index (χ2v) is 30.9. The van der Waals surface area contributed by atoms with E-state index in [1.165, 1.54) is 80.5 Å². The topological polar surface area (TPSA) is 83.1 Å². The van der Waals surface area contributed by atoms with Crippen LogP contribution >= 0.6 is 0 Å². The molecule has 7 aromatic rings. The van der Waals surface area contributed by atoms with E-state index >= 15 is 0 Å². The van der Waals surface area contributed by atoms with Gasteiger partial charge in [0.15, 0.2) is 17.4 Å². The van der Waals surface area contributed by atoms with Gasteiger partial charge in [0.2, 0.25) is 0 Å². The third-order valence-electron chi connectivity index (χ3n) is 16.9. The summed E-state index contributed by atoms with van der Waals surface area (Å²) in [7, 11) is 0. The fourth-order valence-corrected chi connectivity index (χ4v) is 10.2. The average molecular weight is 1240 g/mol. The molecule has 0 bridgehead atoms. The van der Waals surface area contributed by atoms with Crippen LogP contribution in [0.5, 0.6) is 0 Å². The van der Waals surface area contributed by atoms with Crippen LogP contribution in [0.4, 0.5) is 0 Å². The predicted molar refractivity (Wildman–Crippen MR) is 397 cm³/mol. The largest absolute Gasteiger partial charge is 0.341 e. The van der Waals surface area contributed by atoms with E-state index in [1.54, 1.807) is 18.0 Å². The van der Waals surface area contributed by atoms with Crippen molar-refractivity contribution in [3.63, 3.8) is 0 Å². The molecular formula is C86H117N3O3. The zero-order valence-electron chi connectivity index (χ0n) is 59.4. The number of fused-ring (bicyclic) bond motifs is 7. The Hall–Kier alpha value is -7.44. The van der Waals surface area contributed by atoms with E-state index in [2.05, 4.69) is 250 Å². The number of imidazole rings is 1. The standard InChI is InChI=1S/C18H20.C15H20O.C13H13N3O.C11H10.C10H8O.3C6H14.CH4/c1-18(2,3)12-14-8-6-10-16-15-9-5-4-7-13(15)11-17(14)16;1-15(2,3)10-11-7-8-12-5-4-6-14(16)13(12)9-11;17-13(12-14-6-7-15-12)16-8-5-10-3-1-2-4-11(10)9-16;1-9-6-7-10-4-2-3-5-11(10)8-9;11-10-7-3-5-8-4-1-2-6-9(8)10;3*1-5-6(2,3)4;/h4-10H,11-12H2,1-3H3;7-9H,4-6,10H2,1-3H3;1-4,6-7H,5,8-9H2,(H,14,15);2-7H,1,8H2;1-6H,7H2;3*5H2,1-4H3;1H4. The first-order valence-electron chi connectivity index (χ1n) is 33.7. The van der Waals surface area contributed by atoms with Gasteiger partial charge in [-0.25, -0.2) is 4.98 Å². The maximum atomic E-state index is 12.1. The van der Waals surface area contributed by atoms with Gasteiger partial charge < -0.3 is 9.88 Å². The molecule has 6 nitrogen and oxygen atoms in total. The first-order valence-corrected chi connectivity index (χ1v) is 33.7. The number of aromatic nitrogens is 2. The highest BCUT2D eigenvalue weighted by molar-refractivity contribution is 6.02. The number of benzene rings is 6. The number of carbonyl (C=O) groups excluding carboxylic acids is 3. The number of allylic oxidation sites excluding steroid dienone is 3. The highest BCUT2D eigenvalue weighted by atomic mass is 16.2. The van der Waals surface area contributed by atoms with Crippen LogP contribution in [0.1, 0.15) is 258 Å². The van der Waals surface area contributed by atoms with Gasteiger partial charge in [-0.2, -0.15) is 0 Å². The minimum Gasteiger partial charge on any atom is -0.341 e. The number of carbonyl (C=O) groups is 3. The number of nitrogens with one attached hydrogen (secondary N) is 1. The highest BCUT2D eigenvalue weighted by Gasteiger charge is 2.25. The number of aromatic amines is 1. The van der Waals surface area contributed by atoms with Crippen molar-refractivity contribution in [2.75, 3.05) is 6.54 Å². The molecule has 0 fully saturated rings. The van der Waals surface area contributed by atoms with Gasteiger partial charge in [0, 0.05) is 49.5 Å². The fourth-order valence-electron chi connectivity index (χ4n) is 10.2. The number of rotatable bonds is 3. The third-order valence-corrected chi connectivity index (χ3v) is 16.9. The summed E-state index contributed by atoms with van der Waals surface area (Å²) in [6.45, 7) is 45.8. The number of nitrogens with zero attached hydrogens (tertiary/aromatic N) is 2. The van der Waals surface area contributed by atoms with E-state index in [1.807, 2.05) is 53.5 Å². The van der Waals surface area contributed by atoms with Crippen molar-refractivity contribution in [1.29, 1.82) is 0 Å². The van der Waals surface area contributed by atoms with Gasteiger partial charge in [0.25, 0.3) is 5.91 Å². The van der Waals surface area contributed by atoms with E-state index in [-0.39, 0.29) is 24.5 Å². The van der Waals surface area contributed by atoms with E-state index < -0.39 is 0 Å². The molecule has 5 aliphatic rings. The molecule has 0 saturated heterocycles. The molecule has 4 aliphatic carbocycles. The molecule has 1 N–H and O–H groups in total. The van der Waals surface area contributed by atoms with Gasteiger partial charge in [-0.05, 0) is 145 Å². The molecule has 12 rings (SSSR count). The van der Waals surface area contributed by atoms with E-state index in [0.717, 1.165) is 74.6 Å². The predicted octanol–water partition coefficient (Wildman–Crippen LogP) is 23.3. The summed E-state index contributed by atoms with van der Waals surface area (Å²) < 4.78 is 0. The smallest absolute Gasteiger partial charge is 0.289 e. The Kier molecular flexibility index (Phi) is 29.8. The third kappa shape index (κ3) is 26.6. The molecule has 1 aromatic heterocycles. The maximum Gasteiger partial charge on any atom is 0.289 e. The molecule has 0 radical (unpaired) electrons. The van der Waals surface area contributed by atoms with Crippen molar-refractivity contribution in [3.8, 4) is 11.1 Å². The normalized spacial score (nSPS) is 13.9. The second-order valence-electron chi connectivity index (χ2n) is 30.9. The van der Waals surface area contributed by atoms with Crippen LogP contribution in [0.15, 0.2) is 170 Å². The summed E-state index contributed by atoms with van der Waals surface area (Å²) in [6.07, 6.45) is 23.8. The van der Waals surface area contributed by atoms with Crippen molar-refractivity contribution in [2.45, 2.75) is 216 Å². The van der Waals surface area contributed by atoms with Crippen molar-refractivity contribution in [1.82, 2.24) is 14.9 Å². The lowest BCUT2D eigenvalue weighted by Crippen LogP contribution is -2.36. The van der Waals surface area contributed by atoms with E-state index in [9.17, 15) is 14.4 Å². The molecular weight excluding hydrogens is 1120 g/mol. The average Bonchev–Trinajstić information content (AvgIpc) is 1.62. The van der Waals surface area contributed by atoms with Crippen molar-refractivity contribution < 1.29 is 14.4 Å². The quantitative estimate of drug-likeness (QED) is 0.191. The number of Topliss-reactive ketones (excluding diaryl/α,β-unsaturated/α-hetero) is 2. The first-order chi connectivity index (χ1) is 42.8. The summed E-state index contributed by atoms with van der Waals surface area (Å²) in [4.78, 5) is 43.8. The molecule has 6 aromatic carbocycles. The van der Waals surface area contributed by atoms with Crippen LogP contribution in [0.25, 0.3) is 23.3 Å². The molecule has 0 saturated carbocycles. The van der Waals surface area contributed by atoms with Gasteiger partial charge in [-0.3, -0.25) is 14.4 Å². The van der Waals surface area contributed by atoms with Crippen LogP contribution in [-0.4, -0.2) is 38.9 Å². The molecule has 1 amide bonds. The molecule has 0 spiro atoms. The molecule has 494 valence electrons. The van der Waals surface area contributed by atoms with Crippen molar-refractivity contribution in [3.05, 3.63) is 243 Å². The minimum absolute atomic E-state index is 0. The van der Waals surface area contributed by atoms with E-state index in [0.29, 0.717) is 46.2 Å². The first kappa shape index (κ1) is 77.0. The molecule has 0 atom stereocenters. The molecule has 6 heteroatoms. The number of hydrogen-bond acceptors (Lipinski definition) is 4. The SMILES string of the molecule is C.C=C1C=Cc2ccccc2C1.CC(C)(C)Cc1ccc2c(c1)C(=O)CCC2.CC(C)(C)Cc1cccc2c1Cc1ccccc1-2.CCC(C)(C)C.CCC(C)(C)C.CCC(C)(C)C.O=C(c1ncc[nH]1)N1CCc2ccccc2C1.O=C1CC=Cc2ccccc21. The lowest BCUT2D eigenvalue weighted by atomic mass is 9.84. The second kappa shape index (κ2) is 35.6. The number of amides is 1. The van der Waals surface area contributed by atoms with Crippen LogP contribution < -0.4 is 0 Å². The van der Waals surface area contributed by atoms with Crippen LogP contribution in [0.3, 0.4) is 0 Å². The number of ketones is 2.